The summed E-state index contributed by atoms with van der Waals surface area (Å²) in [4.78, 5) is 2.33. The first kappa shape index (κ1) is 18.6. The second-order valence-corrected chi connectivity index (χ2v) is 6.99. The van der Waals surface area contributed by atoms with Crippen LogP contribution in [0.2, 0.25) is 0 Å². The van der Waals surface area contributed by atoms with Crippen LogP contribution in [0.4, 0.5) is 10.1 Å². The zero-order valence-corrected chi connectivity index (χ0v) is 15.7. The molecule has 138 valence electrons. The highest BCUT2D eigenvalue weighted by Gasteiger charge is 2.17. The van der Waals surface area contributed by atoms with Crippen molar-refractivity contribution < 1.29 is 9.13 Å². The van der Waals surface area contributed by atoms with Crippen LogP contribution in [0.5, 0.6) is 5.75 Å². The number of benzene rings is 2. The summed E-state index contributed by atoms with van der Waals surface area (Å²) >= 11 is 5.27. The van der Waals surface area contributed by atoms with Gasteiger partial charge in [0.25, 0.3) is 0 Å². The van der Waals surface area contributed by atoms with Gasteiger partial charge >= 0.3 is 0 Å². The van der Waals surface area contributed by atoms with Gasteiger partial charge in [0, 0.05) is 25.3 Å². The molecule has 6 heteroatoms. The Morgan fingerprint density at radius 3 is 2.42 bits per heavy atom. The quantitative estimate of drug-likeness (QED) is 0.780. The first-order valence-electron chi connectivity index (χ1n) is 8.83. The lowest BCUT2D eigenvalue weighted by molar-refractivity contribution is 0.114. The fraction of sp³-hybridized carbons (Fsp3) is 0.350. The van der Waals surface area contributed by atoms with Gasteiger partial charge in [-0.15, -0.1) is 0 Å². The smallest absolute Gasteiger partial charge is 0.171 e. The van der Waals surface area contributed by atoms with Gasteiger partial charge in [0.05, 0.1) is 0 Å². The van der Waals surface area contributed by atoms with Crippen LogP contribution in [0.15, 0.2) is 48.5 Å². The van der Waals surface area contributed by atoms with Crippen LogP contribution in [0.3, 0.4) is 0 Å². The average Bonchev–Trinajstić information content (AvgIpc) is 2.65. The van der Waals surface area contributed by atoms with E-state index in [0.29, 0.717) is 17.8 Å². The largest absolute Gasteiger partial charge is 0.490 e. The fourth-order valence-electron chi connectivity index (χ4n) is 2.87. The van der Waals surface area contributed by atoms with Crippen LogP contribution >= 0.6 is 12.2 Å². The second kappa shape index (κ2) is 8.96. The molecule has 0 unspecified atom stereocenters. The number of piperidine rings is 1. The Balaban J connectivity index is 1.43. The van der Waals surface area contributed by atoms with E-state index in [4.69, 9.17) is 17.0 Å². The van der Waals surface area contributed by atoms with Crippen molar-refractivity contribution in [3.63, 3.8) is 0 Å². The van der Waals surface area contributed by atoms with Crippen molar-refractivity contribution >= 4 is 23.0 Å². The molecule has 0 bridgehead atoms. The minimum absolute atomic E-state index is 0.267. The highest BCUT2D eigenvalue weighted by molar-refractivity contribution is 7.80. The van der Waals surface area contributed by atoms with Crippen LogP contribution in [-0.4, -0.2) is 36.3 Å². The van der Waals surface area contributed by atoms with Gasteiger partial charge in [0.15, 0.2) is 5.11 Å². The SMILES string of the molecule is CN1CCC(Oc2ccc(CNC(=S)Nc3ccc(F)cc3)cc2)CC1. The van der Waals surface area contributed by atoms with Gasteiger partial charge in [-0.2, -0.15) is 0 Å². The molecule has 4 nitrogen and oxygen atoms in total. The third-order valence-electron chi connectivity index (χ3n) is 4.45. The summed E-state index contributed by atoms with van der Waals surface area (Å²) < 4.78 is 19.0. The Morgan fingerprint density at radius 2 is 1.77 bits per heavy atom. The number of hydrogen-bond acceptors (Lipinski definition) is 3. The molecule has 26 heavy (non-hydrogen) atoms. The Morgan fingerprint density at radius 1 is 1.12 bits per heavy atom. The molecular formula is C20H24FN3OS. The zero-order valence-electron chi connectivity index (χ0n) is 14.9. The lowest BCUT2D eigenvalue weighted by atomic mass is 10.1. The van der Waals surface area contributed by atoms with E-state index in [-0.39, 0.29) is 5.82 Å². The van der Waals surface area contributed by atoms with Gasteiger partial charge in [0.1, 0.15) is 17.7 Å². The molecule has 0 aliphatic carbocycles. The van der Waals surface area contributed by atoms with Crippen LogP contribution < -0.4 is 15.4 Å². The van der Waals surface area contributed by atoms with Crippen molar-refractivity contribution in [2.24, 2.45) is 0 Å². The number of rotatable bonds is 5. The molecule has 1 heterocycles. The van der Waals surface area contributed by atoms with E-state index in [1.54, 1.807) is 12.1 Å². The molecule has 1 aliphatic heterocycles. The molecule has 0 spiro atoms. The lowest BCUT2D eigenvalue weighted by Crippen LogP contribution is -2.35. The van der Waals surface area contributed by atoms with Gasteiger partial charge in [-0.25, -0.2) is 4.39 Å². The Labute approximate surface area is 159 Å². The van der Waals surface area contributed by atoms with Crippen molar-refractivity contribution in [3.8, 4) is 5.75 Å². The van der Waals surface area contributed by atoms with E-state index in [1.807, 2.05) is 24.3 Å². The molecule has 0 atom stereocenters. The molecule has 0 radical (unpaired) electrons. The molecule has 0 amide bonds. The monoisotopic (exact) mass is 373 g/mol. The number of nitrogens with zero attached hydrogens (tertiary/aromatic N) is 1. The number of nitrogens with one attached hydrogen (secondary N) is 2. The van der Waals surface area contributed by atoms with E-state index in [0.717, 1.165) is 42.9 Å². The summed E-state index contributed by atoms with van der Waals surface area (Å²) in [6.45, 7) is 2.79. The van der Waals surface area contributed by atoms with Crippen LogP contribution in [-0.2, 0) is 6.54 Å². The van der Waals surface area contributed by atoms with Gasteiger partial charge in [-0.05, 0) is 74.1 Å². The van der Waals surface area contributed by atoms with Gasteiger partial charge < -0.3 is 20.3 Å². The molecule has 3 rings (SSSR count). The number of halogens is 1. The van der Waals surface area contributed by atoms with Crippen molar-refractivity contribution in [2.75, 3.05) is 25.5 Å². The molecule has 0 aromatic heterocycles. The average molecular weight is 373 g/mol. The number of thiocarbonyl (C=S) groups is 1. The van der Waals surface area contributed by atoms with Gasteiger partial charge in [0.2, 0.25) is 0 Å². The van der Waals surface area contributed by atoms with Crippen molar-refractivity contribution in [1.29, 1.82) is 0 Å². The summed E-state index contributed by atoms with van der Waals surface area (Å²) in [7, 11) is 2.15. The summed E-state index contributed by atoms with van der Waals surface area (Å²) in [5.74, 6) is 0.646. The van der Waals surface area contributed by atoms with Crippen LogP contribution in [0.1, 0.15) is 18.4 Å². The minimum Gasteiger partial charge on any atom is -0.490 e. The predicted molar refractivity (Wildman–Crippen MR) is 107 cm³/mol. The van der Waals surface area contributed by atoms with Crippen LogP contribution in [0.25, 0.3) is 0 Å². The van der Waals surface area contributed by atoms with E-state index < -0.39 is 0 Å². The molecule has 2 aromatic carbocycles. The maximum Gasteiger partial charge on any atom is 0.171 e. The van der Waals surface area contributed by atoms with Crippen molar-refractivity contribution in [2.45, 2.75) is 25.5 Å². The molecule has 1 aliphatic rings. The highest BCUT2D eigenvalue weighted by Crippen LogP contribution is 2.19. The highest BCUT2D eigenvalue weighted by atomic mass is 32.1. The number of ether oxygens (including phenoxy) is 1. The first-order valence-corrected chi connectivity index (χ1v) is 9.24. The number of anilines is 1. The van der Waals surface area contributed by atoms with Crippen LogP contribution in [0, 0.1) is 5.82 Å². The molecule has 2 aromatic rings. The standard InChI is InChI=1S/C20H24FN3OS/c1-24-12-10-19(11-13-24)25-18-8-2-15(3-9-18)14-22-20(26)23-17-6-4-16(21)5-7-17/h2-9,19H,10-14H2,1H3,(H2,22,23,26). The number of hydrogen-bond donors (Lipinski definition) is 2. The van der Waals surface area contributed by atoms with Gasteiger partial charge in [-0.1, -0.05) is 12.1 Å². The zero-order chi connectivity index (χ0) is 18.4. The van der Waals surface area contributed by atoms with Crippen molar-refractivity contribution in [3.05, 3.63) is 59.9 Å². The normalized spacial score (nSPS) is 15.5. The Kier molecular flexibility index (Phi) is 6.41. The summed E-state index contributed by atoms with van der Waals surface area (Å²) in [5, 5.41) is 6.68. The fourth-order valence-corrected chi connectivity index (χ4v) is 3.06. The van der Waals surface area contributed by atoms with Gasteiger partial charge in [-0.3, -0.25) is 0 Å². The summed E-state index contributed by atoms with van der Waals surface area (Å²) in [6, 6.07) is 14.2. The summed E-state index contributed by atoms with van der Waals surface area (Å²) in [5.41, 5.74) is 1.87. The minimum atomic E-state index is -0.267. The molecule has 1 fully saturated rings. The molecule has 2 N–H and O–H groups in total. The second-order valence-electron chi connectivity index (χ2n) is 6.58. The van der Waals surface area contributed by atoms with E-state index in [2.05, 4.69) is 22.6 Å². The predicted octanol–water partition coefficient (Wildman–Crippen LogP) is 3.79. The molecular weight excluding hydrogens is 349 g/mol. The number of likely N-dealkylation sites (tertiary alicyclic amines) is 1. The summed E-state index contributed by atoms with van der Waals surface area (Å²) in [6.07, 6.45) is 2.45. The maximum atomic E-state index is 12.9. The molecule has 1 saturated heterocycles. The Hall–Kier alpha value is -2.18. The molecule has 0 saturated carbocycles. The van der Waals surface area contributed by atoms with E-state index >= 15 is 0 Å². The third-order valence-corrected chi connectivity index (χ3v) is 4.69. The van der Waals surface area contributed by atoms with E-state index in [1.165, 1.54) is 12.1 Å². The first-order chi connectivity index (χ1) is 12.6. The maximum absolute atomic E-state index is 12.9. The Bertz CT molecular complexity index is 713. The topological polar surface area (TPSA) is 36.5 Å². The third kappa shape index (κ3) is 5.68. The van der Waals surface area contributed by atoms with Crippen molar-refractivity contribution in [1.82, 2.24) is 10.2 Å². The lowest BCUT2D eigenvalue weighted by Gasteiger charge is -2.29. The van der Waals surface area contributed by atoms with E-state index in [9.17, 15) is 4.39 Å².